The molecular weight excluding hydrogens is 1370 g/mol. The molecule has 0 saturated heterocycles. The first-order valence-electron chi connectivity index (χ1n) is 39.3. The fourth-order valence-corrected chi connectivity index (χ4v) is 14.1. The summed E-state index contributed by atoms with van der Waals surface area (Å²) in [6.45, 7) is 12.9. The van der Waals surface area contributed by atoms with Crippen LogP contribution in [0, 0.1) is 41.5 Å². The molecule has 0 aliphatic rings. The molecule has 18 aromatic carbocycles. The lowest BCUT2D eigenvalue weighted by atomic mass is 9.93. The summed E-state index contributed by atoms with van der Waals surface area (Å²) in [5.74, 6) is 0. The summed E-state index contributed by atoms with van der Waals surface area (Å²) in [5.41, 5.74) is 38.4. The Labute approximate surface area is 677 Å². The van der Waals surface area contributed by atoms with Crippen molar-refractivity contribution in [2.24, 2.45) is 0 Å². The van der Waals surface area contributed by atoms with Crippen LogP contribution in [0.15, 0.2) is 473 Å². The van der Waals surface area contributed by atoms with Gasteiger partial charge < -0.3 is 0 Å². The van der Waals surface area contributed by atoms with Crippen molar-refractivity contribution in [3.63, 3.8) is 0 Å². The van der Waals surface area contributed by atoms with Crippen molar-refractivity contribution in [2.75, 3.05) is 0 Å². The lowest BCUT2D eigenvalue weighted by Gasteiger charge is -2.11. The fraction of sp³-hybridized carbons (Fsp3) is 0.0526. The summed E-state index contributed by atoms with van der Waals surface area (Å²) < 4.78 is 0. The van der Waals surface area contributed by atoms with Crippen LogP contribution in [0.1, 0.15) is 33.4 Å². The molecule has 0 heterocycles. The van der Waals surface area contributed by atoms with Crippen LogP contribution in [-0.2, 0) is 0 Å². The molecule has 552 valence electrons. The third-order valence-corrected chi connectivity index (χ3v) is 20.2. The van der Waals surface area contributed by atoms with Gasteiger partial charge in [-0.05, 0) is 222 Å². The van der Waals surface area contributed by atoms with E-state index in [9.17, 15) is 0 Å². The van der Waals surface area contributed by atoms with Gasteiger partial charge in [0.2, 0.25) is 0 Å². The second-order valence-corrected chi connectivity index (χ2v) is 28.8. The van der Waals surface area contributed by atoms with Crippen molar-refractivity contribution in [3.8, 4) is 134 Å². The standard InChI is InChI=1S/6C19H16/c1-15-12-18(16-8-4-2-5-9-16)14-19(13-15)17-10-6-3-7-11-17;1-15-12-13-18(16-8-4-2-5-9-16)14-19(15)17-10-6-3-7-11-17;1-15-12-13-18(16-8-4-2-5-9-16)19(14-15)17-10-6-3-7-11-17;1-15-7-5-10-17(13-15)19-12-6-11-18(14-19)16-8-3-2-4-9-16;1-15-8-5-6-13-19(15)18-12-7-11-17(14-18)16-9-3-2-4-10-16;1-15-10-12-17(13-11-15)19-9-5-8-18(14-19)16-6-3-2-4-7-16/h6*2-14H,1H3. The third-order valence-electron chi connectivity index (χ3n) is 20.2. The molecule has 0 atom stereocenters. The SMILES string of the molecule is Cc1cc(-c2ccccc2)cc(-c2ccccc2)c1.Cc1ccc(-c2cccc(-c3ccccc3)c2)cc1.Cc1ccc(-c2ccccc2)c(-c2ccccc2)c1.Cc1ccc(-c2ccccc2)cc1-c1ccccc1.Cc1cccc(-c2cccc(-c3ccccc3)c2)c1.Cc1ccccc1-c1cccc(-c2ccccc2)c1. The topological polar surface area (TPSA) is 0 Å². The Hall–Kier alpha value is -14.0. The first-order valence-corrected chi connectivity index (χ1v) is 39.3. The Morgan fingerprint density at radius 1 is 0.0965 bits per heavy atom. The third kappa shape index (κ3) is 21.9. The molecule has 0 heteroatoms. The highest BCUT2D eigenvalue weighted by Crippen LogP contribution is 2.36. The zero-order valence-corrected chi connectivity index (χ0v) is 66.0. The summed E-state index contributed by atoms with van der Waals surface area (Å²) >= 11 is 0. The predicted octanol–water partition coefficient (Wildman–Crippen LogP) is 32.0. The molecule has 0 saturated carbocycles. The van der Waals surface area contributed by atoms with Gasteiger partial charge in [-0.3, -0.25) is 0 Å². The number of hydrogen-bond acceptors (Lipinski definition) is 0. The maximum Gasteiger partial charge on any atom is -0.0103 e. The zero-order chi connectivity index (χ0) is 78.5. The molecule has 0 aromatic heterocycles. The highest BCUT2D eigenvalue weighted by atomic mass is 14.2. The summed E-state index contributed by atoms with van der Waals surface area (Å²) in [7, 11) is 0. The van der Waals surface area contributed by atoms with Gasteiger partial charge in [0, 0.05) is 0 Å². The van der Waals surface area contributed by atoms with Crippen LogP contribution in [0.3, 0.4) is 0 Å². The van der Waals surface area contributed by atoms with E-state index in [-0.39, 0.29) is 0 Å². The average molecular weight is 1470 g/mol. The number of benzene rings is 18. The van der Waals surface area contributed by atoms with Crippen molar-refractivity contribution in [1.29, 1.82) is 0 Å². The van der Waals surface area contributed by atoms with Crippen LogP contribution in [0.25, 0.3) is 134 Å². The molecule has 0 radical (unpaired) electrons. The Bertz CT molecular complexity index is 5900. The van der Waals surface area contributed by atoms with E-state index in [2.05, 4.69) is 503 Å². The summed E-state index contributed by atoms with van der Waals surface area (Å²) in [4.78, 5) is 0. The molecule has 0 aliphatic heterocycles. The quantitative estimate of drug-likeness (QED) is 0.114. The molecule has 0 nitrogen and oxygen atoms in total. The lowest BCUT2D eigenvalue weighted by Crippen LogP contribution is -1.86. The Balaban J connectivity index is 0.000000119. The van der Waals surface area contributed by atoms with Gasteiger partial charge in [-0.25, -0.2) is 0 Å². The maximum atomic E-state index is 2.28. The molecule has 0 bridgehead atoms. The zero-order valence-electron chi connectivity index (χ0n) is 66.0. The van der Waals surface area contributed by atoms with E-state index >= 15 is 0 Å². The van der Waals surface area contributed by atoms with Crippen molar-refractivity contribution in [3.05, 3.63) is 507 Å². The number of hydrogen-bond donors (Lipinski definition) is 0. The summed E-state index contributed by atoms with van der Waals surface area (Å²) in [6, 6.07) is 167. The van der Waals surface area contributed by atoms with E-state index in [1.807, 2.05) is 12.1 Å². The van der Waals surface area contributed by atoms with Crippen LogP contribution < -0.4 is 0 Å². The molecule has 18 rings (SSSR count). The molecule has 0 amide bonds. The Kier molecular flexibility index (Phi) is 27.4. The highest BCUT2D eigenvalue weighted by molar-refractivity contribution is 5.85. The normalized spacial score (nSPS) is 10.4. The average Bonchev–Trinajstić information content (AvgIpc) is 0.793. The van der Waals surface area contributed by atoms with Gasteiger partial charge in [0.25, 0.3) is 0 Å². The first-order chi connectivity index (χ1) is 56.0. The molecule has 0 spiro atoms. The second kappa shape index (κ2) is 40.1. The van der Waals surface area contributed by atoms with Gasteiger partial charge in [0.1, 0.15) is 0 Å². The molecule has 0 fully saturated rings. The van der Waals surface area contributed by atoms with Crippen molar-refractivity contribution in [2.45, 2.75) is 41.5 Å². The Morgan fingerprint density at radius 3 is 0.746 bits per heavy atom. The number of aryl methyl sites for hydroxylation is 6. The van der Waals surface area contributed by atoms with Crippen LogP contribution >= 0.6 is 0 Å². The van der Waals surface area contributed by atoms with Crippen LogP contribution in [0.5, 0.6) is 0 Å². The second-order valence-electron chi connectivity index (χ2n) is 28.8. The summed E-state index contributed by atoms with van der Waals surface area (Å²) in [5, 5.41) is 0. The van der Waals surface area contributed by atoms with E-state index < -0.39 is 0 Å². The van der Waals surface area contributed by atoms with Gasteiger partial charge in [-0.1, -0.05) is 460 Å². The van der Waals surface area contributed by atoms with E-state index in [1.54, 1.807) is 0 Å². The van der Waals surface area contributed by atoms with Crippen LogP contribution in [0.2, 0.25) is 0 Å². The summed E-state index contributed by atoms with van der Waals surface area (Å²) in [6.07, 6.45) is 0. The van der Waals surface area contributed by atoms with Gasteiger partial charge in [0.05, 0.1) is 0 Å². The monoisotopic (exact) mass is 1460 g/mol. The van der Waals surface area contributed by atoms with Crippen molar-refractivity contribution in [1.82, 2.24) is 0 Å². The van der Waals surface area contributed by atoms with E-state index in [0.717, 1.165) is 0 Å². The minimum absolute atomic E-state index is 1.26. The molecule has 0 aliphatic carbocycles. The van der Waals surface area contributed by atoms with Crippen molar-refractivity contribution < 1.29 is 0 Å². The van der Waals surface area contributed by atoms with Gasteiger partial charge in [0.15, 0.2) is 0 Å². The highest BCUT2D eigenvalue weighted by Gasteiger charge is 2.11. The van der Waals surface area contributed by atoms with E-state index in [0.29, 0.717) is 0 Å². The van der Waals surface area contributed by atoms with E-state index in [1.165, 1.54) is 167 Å². The molecule has 0 N–H and O–H groups in total. The Morgan fingerprint density at radius 2 is 0.342 bits per heavy atom. The number of rotatable bonds is 12. The van der Waals surface area contributed by atoms with Crippen molar-refractivity contribution >= 4 is 0 Å². The van der Waals surface area contributed by atoms with Gasteiger partial charge >= 0.3 is 0 Å². The smallest absolute Gasteiger partial charge is 0.0103 e. The minimum Gasteiger partial charge on any atom is -0.0622 e. The predicted molar refractivity (Wildman–Crippen MR) is 492 cm³/mol. The maximum absolute atomic E-state index is 2.28. The fourth-order valence-electron chi connectivity index (χ4n) is 14.1. The first kappa shape index (κ1) is 78.1. The van der Waals surface area contributed by atoms with Crippen LogP contribution in [0.4, 0.5) is 0 Å². The molecular formula is C114H96. The molecule has 18 aromatic rings. The minimum atomic E-state index is 1.26. The van der Waals surface area contributed by atoms with Crippen LogP contribution in [-0.4, -0.2) is 0 Å². The molecule has 114 heavy (non-hydrogen) atoms. The van der Waals surface area contributed by atoms with Gasteiger partial charge in [-0.15, -0.1) is 0 Å². The largest absolute Gasteiger partial charge is 0.0622 e. The molecule has 0 unspecified atom stereocenters. The van der Waals surface area contributed by atoms with Gasteiger partial charge in [-0.2, -0.15) is 0 Å². The van der Waals surface area contributed by atoms with E-state index in [4.69, 9.17) is 0 Å². The lowest BCUT2D eigenvalue weighted by molar-refractivity contribution is 1.45.